The number of hydrogen-bond donors (Lipinski definition) is 1. The molecule has 1 aromatic rings. The number of alkyl halides is 3. The van der Waals surface area contributed by atoms with E-state index >= 15 is 0 Å². The molecule has 0 aliphatic rings. The molecule has 0 spiro atoms. The van der Waals surface area contributed by atoms with Gasteiger partial charge in [-0.15, -0.1) is 0 Å². The fourth-order valence-electron chi connectivity index (χ4n) is 1.11. The van der Waals surface area contributed by atoms with Gasteiger partial charge in [0.25, 0.3) is 5.89 Å². The zero-order valence-electron chi connectivity index (χ0n) is 10.0. The van der Waals surface area contributed by atoms with Crippen molar-refractivity contribution in [3.63, 3.8) is 0 Å². The smallest absolute Gasteiger partial charge is 0.337 e. The Labute approximate surface area is 97.4 Å². The van der Waals surface area contributed by atoms with Crippen LogP contribution in [0.1, 0.15) is 38.9 Å². The van der Waals surface area contributed by atoms with Gasteiger partial charge in [0.05, 0.1) is 0 Å². The maximum absolute atomic E-state index is 12.6. The highest BCUT2D eigenvalue weighted by Crippen LogP contribution is 2.35. The first-order valence-electron chi connectivity index (χ1n) is 5.33. The number of nitrogens with two attached hydrogens (primary N) is 1. The minimum Gasteiger partial charge on any atom is -0.337 e. The average molecular weight is 251 g/mol. The third-order valence-electron chi connectivity index (χ3n) is 2.45. The topological polar surface area (TPSA) is 64.9 Å². The molecule has 0 bridgehead atoms. The molecule has 98 valence electrons. The summed E-state index contributed by atoms with van der Waals surface area (Å²) in [6, 6.07) is 0. The third kappa shape index (κ3) is 3.18. The first-order valence-corrected chi connectivity index (χ1v) is 5.33. The largest absolute Gasteiger partial charge is 0.415 e. The summed E-state index contributed by atoms with van der Waals surface area (Å²) in [4.78, 5) is 3.70. The Morgan fingerprint density at radius 2 is 1.94 bits per heavy atom. The number of aromatic nitrogens is 2. The quantitative estimate of drug-likeness (QED) is 0.892. The Morgan fingerprint density at radius 1 is 1.35 bits per heavy atom. The van der Waals surface area contributed by atoms with E-state index in [4.69, 9.17) is 5.73 Å². The van der Waals surface area contributed by atoms with Crippen molar-refractivity contribution in [1.29, 1.82) is 0 Å². The molecule has 0 amide bonds. The van der Waals surface area contributed by atoms with Crippen molar-refractivity contribution in [2.24, 2.45) is 11.7 Å². The van der Waals surface area contributed by atoms with Crippen molar-refractivity contribution in [1.82, 2.24) is 10.1 Å². The molecule has 0 aliphatic carbocycles. The molecule has 1 heterocycles. The summed E-state index contributed by atoms with van der Waals surface area (Å²) in [7, 11) is 0. The minimum atomic E-state index is -4.62. The van der Waals surface area contributed by atoms with Crippen LogP contribution in [-0.2, 0) is 12.0 Å². The molecule has 7 heteroatoms. The van der Waals surface area contributed by atoms with E-state index in [-0.39, 0.29) is 5.82 Å². The summed E-state index contributed by atoms with van der Waals surface area (Å²) >= 11 is 0. The van der Waals surface area contributed by atoms with E-state index in [1.807, 2.05) is 13.8 Å². The fraction of sp³-hybridized carbons (Fsp3) is 0.800. The number of hydrogen-bond acceptors (Lipinski definition) is 4. The lowest BCUT2D eigenvalue weighted by Gasteiger charge is -2.22. The third-order valence-corrected chi connectivity index (χ3v) is 2.45. The van der Waals surface area contributed by atoms with Crippen LogP contribution >= 0.6 is 0 Å². The Hall–Kier alpha value is -1.11. The van der Waals surface area contributed by atoms with Gasteiger partial charge < -0.3 is 10.3 Å². The van der Waals surface area contributed by atoms with E-state index < -0.39 is 17.6 Å². The van der Waals surface area contributed by atoms with Crippen molar-refractivity contribution < 1.29 is 17.7 Å². The van der Waals surface area contributed by atoms with Gasteiger partial charge >= 0.3 is 6.18 Å². The molecule has 1 rings (SSSR count). The molecule has 1 atom stereocenters. The standard InChI is InChI=1S/C10H16F3N3O/c1-6(2)4-5-7-15-8(17-16-7)9(3,14)10(11,12)13/h6H,4-5,14H2,1-3H3. The molecule has 1 unspecified atom stereocenters. The molecule has 0 saturated carbocycles. The van der Waals surface area contributed by atoms with Gasteiger partial charge in [-0.1, -0.05) is 19.0 Å². The zero-order valence-corrected chi connectivity index (χ0v) is 10.0. The number of halogens is 3. The van der Waals surface area contributed by atoms with Gasteiger partial charge in [-0.05, 0) is 19.3 Å². The van der Waals surface area contributed by atoms with Gasteiger partial charge in [-0.2, -0.15) is 18.2 Å². The highest BCUT2D eigenvalue weighted by atomic mass is 19.4. The Bertz CT molecular complexity index is 371. The van der Waals surface area contributed by atoms with Crippen LogP contribution in [0.2, 0.25) is 0 Å². The normalized spacial score (nSPS) is 16.2. The zero-order chi connectivity index (χ0) is 13.3. The van der Waals surface area contributed by atoms with Gasteiger partial charge in [0.15, 0.2) is 11.4 Å². The van der Waals surface area contributed by atoms with Crippen molar-refractivity contribution >= 4 is 0 Å². The highest BCUT2D eigenvalue weighted by Gasteiger charge is 2.53. The molecule has 0 saturated heterocycles. The molecule has 0 aliphatic heterocycles. The van der Waals surface area contributed by atoms with Gasteiger partial charge in [0.1, 0.15) is 0 Å². The molecule has 4 nitrogen and oxygen atoms in total. The van der Waals surface area contributed by atoms with E-state index in [0.29, 0.717) is 12.3 Å². The van der Waals surface area contributed by atoms with E-state index in [0.717, 1.165) is 13.3 Å². The summed E-state index contributed by atoms with van der Waals surface area (Å²) in [5.74, 6) is 0.0854. The molecular formula is C10H16F3N3O. The molecule has 0 radical (unpaired) electrons. The number of nitrogens with zero attached hydrogens (tertiary/aromatic N) is 2. The van der Waals surface area contributed by atoms with Crippen LogP contribution < -0.4 is 5.73 Å². The first kappa shape index (κ1) is 14.0. The molecule has 2 N–H and O–H groups in total. The summed E-state index contributed by atoms with van der Waals surface area (Å²) in [5.41, 5.74) is 2.56. The molecule has 0 fully saturated rings. The summed E-state index contributed by atoms with van der Waals surface area (Å²) in [6.07, 6.45) is -3.35. The predicted octanol–water partition coefficient (Wildman–Crippen LogP) is 2.39. The van der Waals surface area contributed by atoms with Crippen molar-refractivity contribution in [2.45, 2.75) is 45.3 Å². The van der Waals surface area contributed by atoms with Gasteiger partial charge in [-0.3, -0.25) is 0 Å². The Morgan fingerprint density at radius 3 is 2.41 bits per heavy atom. The SMILES string of the molecule is CC(C)CCc1noc(C(C)(N)C(F)(F)F)n1. The van der Waals surface area contributed by atoms with Gasteiger partial charge in [0, 0.05) is 6.42 Å². The van der Waals surface area contributed by atoms with E-state index in [1.54, 1.807) is 0 Å². The first-order chi connectivity index (χ1) is 7.64. The maximum atomic E-state index is 12.6. The number of aryl methyl sites for hydroxylation is 1. The monoisotopic (exact) mass is 251 g/mol. The molecule has 17 heavy (non-hydrogen) atoms. The lowest BCUT2D eigenvalue weighted by atomic mass is 10.0. The van der Waals surface area contributed by atoms with Crippen LogP contribution in [0.25, 0.3) is 0 Å². The Kier molecular flexibility index (Phi) is 3.81. The van der Waals surface area contributed by atoms with Crippen LogP contribution in [0, 0.1) is 5.92 Å². The molecular weight excluding hydrogens is 235 g/mol. The summed E-state index contributed by atoms with van der Waals surface area (Å²) in [6.45, 7) is 4.82. The van der Waals surface area contributed by atoms with Crippen LogP contribution in [0.5, 0.6) is 0 Å². The molecule has 0 aromatic carbocycles. The van der Waals surface area contributed by atoms with Crippen LogP contribution in [0.4, 0.5) is 13.2 Å². The lowest BCUT2D eigenvalue weighted by molar-refractivity contribution is -0.190. The van der Waals surface area contributed by atoms with Crippen LogP contribution in [-0.4, -0.2) is 16.3 Å². The second-order valence-electron chi connectivity index (χ2n) is 4.65. The summed E-state index contributed by atoms with van der Waals surface area (Å²) in [5, 5.41) is 3.50. The second-order valence-corrected chi connectivity index (χ2v) is 4.65. The van der Waals surface area contributed by atoms with Gasteiger partial charge in [0.2, 0.25) is 0 Å². The van der Waals surface area contributed by atoms with Gasteiger partial charge in [-0.25, -0.2) is 0 Å². The van der Waals surface area contributed by atoms with E-state index in [2.05, 4.69) is 14.7 Å². The fourth-order valence-corrected chi connectivity index (χ4v) is 1.11. The van der Waals surface area contributed by atoms with Crippen LogP contribution in [0.3, 0.4) is 0 Å². The Balaban J connectivity index is 2.81. The lowest BCUT2D eigenvalue weighted by Crippen LogP contribution is -2.48. The van der Waals surface area contributed by atoms with Crippen LogP contribution in [0.15, 0.2) is 4.52 Å². The van der Waals surface area contributed by atoms with Crippen molar-refractivity contribution in [3.05, 3.63) is 11.7 Å². The van der Waals surface area contributed by atoms with E-state index in [1.165, 1.54) is 0 Å². The summed E-state index contributed by atoms with van der Waals surface area (Å²) < 4.78 is 42.4. The number of rotatable bonds is 4. The molecule has 1 aromatic heterocycles. The van der Waals surface area contributed by atoms with Crippen molar-refractivity contribution in [2.75, 3.05) is 0 Å². The average Bonchev–Trinajstić information content (AvgIpc) is 2.61. The minimum absolute atomic E-state index is 0.259. The highest BCUT2D eigenvalue weighted by molar-refractivity contribution is 5.04. The van der Waals surface area contributed by atoms with Crippen molar-refractivity contribution in [3.8, 4) is 0 Å². The second kappa shape index (κ2) is 4.64. The predicted molar refractivity (Wildman–Crippen MR) is 55.1 cm³/mol. The maximum Gasteiger partial charge on any atom is 0.415 e. The van der Waals surface area contributed by atoms with E-state index in [9.17, 15) is 13.2 Å².